The van der Waals surface area contributed by atoms with Crippen molar-refractivity contribution in [3.05, 3.63) is 10.7 Å². The lowest BCUT2D eigenvalue weighted by molar-refractivity contribution is 0.263. The molecule has 1 aliphatic rings. The number of nitrogens with one attached hydrogen (secondary N) is 1. The van der Waals surface area contributed by atoms with Crippen LogP contribution in [0.4, 0.5) is 11.8 Å². The summed E-state index contributed by atoms with van der Waals surface area (Å²) in [5.41, 5.74) is 0.360. The van der Waals surface area contributed by atoms with Crippen molar-refractivity contribution in [2.45, 2.75) is 34.1 Å². The molecule has 0 amide bonds. The molecular formula is C14H23BrN4. The van der Waals surface area contributed by atoms with Crippen LogP contribution in [0.2, 0.25) is 0 Å². The van der Waals surface area contributed by atoms with Crippen molar-refractivity contribution in [1.29, 1.82) is 0 Å². The Labute approximate surface area is 124 Å². The highest BCUT2D eigenvalue weighted by Crippen LogP contribution is 2.37. The number of hydrogen-bond donors (Lipinski definition) is 1. The van der Waals surface area contributed by atoms with E-state index in [2.05, 4.69) is 63.8 Å². The monoisotopic (exact) mass is 326 g/mol. The van der Waals surface area contributed by atoms with Gasteiger partial charge in [-0.2, -0.15) is 4.98 Å². The van der Waals surface area contributed by atoms with E-state index in [1.54, 1.807) is 0 Å². The third kappa shape index (κ3) is 3.38. The molecule has 2 rings (SSSR count). The van der Waals surface area contributed by atoms with E-state index >= 15 is 0 Å². The van der Waals surface area contributed by atoms with Gasteiger partial charge in [-0.05, 0) is 40.6 Å². The van der Waals surface area contributed by atoms with E-state index < -0.39 is 0 Å². The van der Waals surface area contributed by atoms with Crippen molar-refractivity contribution >= 4 is 27.7 Å². The Bertz CT molecular complexity index is 442. The summed E-state index contributed by atoms with van der Waals surface area (Å²) in [7, 11) is 0. The van der Waals surface area contributed by atoms with Gasteiger partial charge in [0.25, 0.3) is 0 Å². The van der Waals surface area contributed by atoms with Gasteiger partial charge < -0.3 is 10.2 Å². The zero-order valence-electron chi connectivity index (χ0n) is 12.2. The number of halogens is 1. The van der Waals surface area contributed by atoms with Gasteiger partial charge in [-0.3, -0.25) is 0 Å². The zero-order valence-corrected chi connectivity index (χ0v) is 13.8. The van der Waals surface area contributed by atoms with Crippen molar-refractivity contribution in [2.75, 3.05) is 29.9 Å². The molecule has 1 atom stereocenters. The fourth-order valence-corrected chi connectivity index (χ4v) is 2.92. The van der Waals surface area contributed by atoms with Crippen LogP contribution in [-0.2, 0) is 0 Å². The van der Waals surface area contributed by atoms with E-state index in [9.17, 15) is 0 Å². The van der Waals surface area contributed by atoms with Gasteiger partial charge in [0, 0.05) is 25.8 Å². The van der Waals surface area contributed by atoms with Gasteiger partial charge in [-0.15, -0.1) is 0 Å². The van der Waals surface area contributed by atoms with Gasteiger partial charge in [-0.1, -0.05) is 20.8 Å². The lowest BCUT2D eigenvalue weighted by Crippen LogP contribution is -2.26. The van der Waals surface area contributed by atoms with Gasteiger partial charge in [-0.25, -0.2) is 4.98 Å². The Kier molecular flexibility index (Phi) is 4.33. The lowest BCUT2D eigenvalue weighted by Gasteiger charge is -2.27. The van der Waals surface area contributed by atoms with Gasteiger partial charge >= 0.3 is 0 Å². The maximum absolute atomic E-state index is 4.62. The first-order valence-corrected chi connectivity index (χ1v) is 7.72. The molecule has 106 valence electrons. The van der Waals surface area contributed by atoms with Crippen molar-refractivity contribution in [1.82, 2.24) is 9.97 Å². The Morgan fingerprint density at radius 3 is 2.79 bits per heavy atom. The molecule has 1 N–H and O–H groups in total. The molecule has 4 nitrogen and oxygen atoms in total. The summed E-state index contributed by atoms with van der Waals surface area (Å²) in [6, 6.07) is 0. The minimum Gasteiger partial charge on any atom is -0.355 e. The topological polar surface area (TPSA) is 41.1 Å². The Balaban J connectivity index is 2.16. The standard InChI is InChI=1S/C14H23BrN4/c1-5-16-13-17-8-11(15)12(18-13)19-7-6-10(9-19)14(2,3)4/h8,10H,5-7,9H2,1-4H3,(H,16,17,18). The van der Waals surface area contributed by atoms with Crippen LogP contribution in [0.1, 0.15) is 34.1 Å². The molecule has 0 spiro atoms. The Morgan fingerprint density at radius 2 is 2.21 bits per heavy atom. The summed E-state index contributed by atoms with van der Waals surface area (Å²) < 4.78 is 0.976. The Morgan fingerprint density at radius 1 is 1.47 bits per heavy atom. The van der Waals surface area contributed by atoms with E-state index in [4.69, 9.17) is 0 Å². The van der Waals surface area contributed by atoms with Crippen LogP contribution in [0.25, 0.3) is 0 Å². The summed E-state index contributed by atoms with van der Waals surface area (Å²) in [5, 5.41) is 3.17. The van der Waals surface area contributed by atoms with Crippen LogP contribution in [0.3, 0.4) is 0 Å². The van der Waals surface area contributed by atoms with Crippen LogP contribution in [-0.4, -0.2) is 29.6 Å². The fourth-order valence-electron chi connectivity index (χ4n) is 2.48. The molecule has 2 heterocycles. The zero-order chi connectivity index (χ0) is 14.0. The molecule has 1 aliphatic heterocycles. The van der Waals surface area contributed by atoms with Gasteiger partial charge in [0.05, 0.1) is 4.47 Å². The second kappa shape index (κ2) is 5.65. The highest BCUT2D eigenvalue weighted by atomic mass is 79.9. The first-order valence-electron chi connectivity index (χ1n) is 6.93. The summed E-state index contributed by atoms with van der Waals surface area (Å²) in [5.74, 6) is 2.44. The van der Waals surface area contributed by atoms with E-state index in [1.807, 2.05) is 6.20 Å². The predicted molar refractivity (Wildman–Crippen MR) is 83.7 cm³/mol. The molecule has 1 aromatic heterocycles. The average molecular weight is 327 g/mol. The number of hydrogen-bond acceptors (Lipinski definition) is 4. The number of rotatable bonds is 3. The summed E-state index contributed by atoms with van der Waals surface area (Å²) in [6.45, 7) is 12.0. The van der Waals surface area contributed by atoms with Gasteiger partial charge in [0.15, 0.2) is 0 Å². The average Bonchev–Trinajstić information content (AvgIpc) is 2.81. The van der Waals surface area contributed by atoms with Crippen LogP contribution in [0.5, 0.6) is 0 Å². The molecule has 1 unspecified atom stereocenters. The molecule has 0 aliphatic carbocycles. The normalized spacial score (nSPS) is 19.8. The molecule has 0 saturated carbocycles. The maximum Gasteiger partial charge on any atom is 0.224 e. The number of anilines is 2. The fraction of sp³-hybridized carbons (Fsp3) is 0.714. The summed E-state index contributed by atoms with van der Waals surface area (Å²) in [4.78, 5) is 11.3. The minimum absolute atomic E-state index is 0.360. The van der Waals surface area contributed by atoms with Gasteiger partial charge in [0.2, 0.25) is 5.95 Å². The molecule has 1 aromatic rings. The molecule has 19 heavy (non-hydrogen) atoms. The third-order valence-corrected chi connectivity index (χ3v) is 4.33. The van der Waals surface area contributed by atoms with E-state index in [0.29, 0.717) is 11.4 Å². The molecule has 0 aromatic carbocycles. The van der Waals surface area contributed by atoms with Crippen molar-refractivity contribution < 1.29 is 0 Å². The van der Waals surface area contributed by atoms with Crippen molar-refractivity contribution in [3.63, 3.8) is 0 Å². The molecular weight excluding hydrogens is 304 g/mol. The largest absolute Gasteiger partial charge is 0.355 e. The number of nitrogens with zero attached hydrogens (tertiary/aromatic N) is 3. The summed E-state index contributed by atoms with van der Waals surface area (Å²) >= 11 is 3.57. The Hall–Kier alpha value is -0.840. The van der Waals surface area contributed by atoms with Crippen LogP contribution >= 0.6 is 15.9 Å². The molecule has 0 bridgehead atoms. The van der Waals surface area contributed by atoms with E-state index in [1.165, 1.54) is 6.42 Å². The smallest absolute Gasteiger partial charge is 0.224 e. The van der Waals surface area contributed by atoms with Crippen LogP contribution in [0.15, 0.2) is 10.7 Å². The molecule has 5 heteroatoms. The first kappa shape index (κ1) is 14.6. The highest BCUT2D eigenvalue weighted by Gasteiger charge is 2.33. The van der Waals surface area contributed by atoms with Crippen molar-refractivity contribution in [3.8, 4) is 0 Å². The van der Waals surface area contributed by atoms with Crippen LogP contribution < -0.4 is 10.2 Å². The first-order chi connectivity index (χ1) is 8.91. The second-order valence-electron chi connectivity index (χ2n) is 6.19. The van der Waals surface area contributed by atoms with Crippen molar-refractivity contribution in [2.24, 2.45) is 11.3 Å². The minimum atomic E-state index is 0.360. The van der Waals surface area contributed by atoms with Gasteiger partial charge in [0.1, 0.15) is 5.82 Å². The molecule has 0 radical (unpaired) electrons. The quantitative estimate of drug-likeness (QED) is 0.922. The summed E-state index contributed by atoms with van der Waals surface area (Å²) in [6.07, 6.45) is 3.07. The highest BCUT2D eigenvalue weighted by molar-refractivity contribution is 9.10. The number of aromatic nitrogens is 2. The van der Waals surface area contributed by atoms with E-state index in [-0.39, 0.29) is 0 Å². The molecule has 1 saturated heterocycles. The third-order valence-electron chi connectivity index (χ3n) is 3.77. The lowest BCUT2D eigenvalue weighted by atomic mass is 9.80. The molecule has 1 fully saturated rings. The predicted octanol–water partition coefficient (Wildman–Crippen LogP) is 3.54. The second-order valence-corrected chi connectivity index (χ2v) is 7.05. The van der Waals surface area contributed by atoms with E-state index in [0.717, 1.165) is 35.8 Å². The van der Waals surface area contributed by atoms with Crippen LogP contribution in [0, 0.1) is 11.3 Å². The maximum atomic E-state index is 4.62. The SMILES string of the molecule is CCNc1ncc(Br)c(N2CCC(C(C)(C)C)C2)n1.